The van der Waals surface area contributed by atoms with E-state index >= 15 is 0 Å². The highest BCUT2D eigenvalue weighted by Crippen LogP contribution is 2.29. The van der Waals surface area contributed by atoms with E-state index in [0.717, 1.165) is 49.2 Å². The van der Waals surface area contributed by atoms with Crippen molar-refractivity contribution in [2.75, 3.05) is 19.7 Å². The van der Waals surface area contributed by atoms with E-state index in [9.17, 15) is 18.0 Å². The maximum Gasteiger partial charge on any atom is 0.416 e. The molecule has 0 saturated carbocycles. The SMILES string of the molecule is O=C(O)COc1ccc2c(c1)CCN(Cc1cnn(-c3ccc(C(F)(F)F)cc3)c1)CC2. The molecule has 6 nitrogen and oxygen atoms in total. The lowest BCUT2D eigenvalue weighted by molar-refractivity contribution is -0.139. The monoisotopic (exact) mass is 445 g/mol. The van der Waals surface area contributed by atoms with Crippen molar-refractivity contribution in [1.82, 2.24) is 14.7 Å². The van der Waals surface area contributed by atoms with Crippen LogP contribution >= 0.6 is 0 Å². The third-order valence-electron chi connectivity index (χ3n) is 5.44. The van der Waals surface area contributed by atoms with Crippen LogP contribution in [0.5, 0.6) is 5.75 Å². The zero-order valence-corrected chi connectivity index (χ0v) is 17.2. The van der Waals surface area contributed by atoms with E-state index in [-0.39, 0.29) is 6.61 Å². The highest BCUT2D eigenvalue weighted by atomic mass is 19.4. The van der Waals surface area contributed by atoms with E-state index in [0.29, 0.717) is 18.0 Å². The number of fused-ring (bicyclic) bond motifs is 1. The highest BCUT2D eigenvalue weighted by molar-refractivity contribution is 5.68. The molecule has 0 atom stereocenters. The van der Waals surface area contributed by atoms with E-state index in [2.05, 4.69) is 10.00 Å². The number of carboxylic acids is 1. The summed E-state index contributed by atoms with van der Waals surface area (Å²) < 4.78 is 45.1. The van der Waals surface area contributed by atoms with Gasteiger partial charge in [0, 0.05) is 31.4 Å². The van der Waals surface area contributed by atoms with Crippen LogP contribution in [0.1, 0.15) is 22.3 Å². The molecular weight excluding hydrogens is 423 g/mol. The Morgan fingerprint density at radius 3 is 2.47 bits per heavy atom. The number of aliphatic carboxylic acids is 1. The van der Waals surface area contributed by atoms with Gasteiger partial charge in [-0.1, -0.05) is 6.07 Å². The van der Waals surface area contributed by atoms with Crippen molar-refractivity contribution in [3.8, 4) is 11.4 Å². The van der Waals surface area contributed by atoms with Crippen LogP contribution in [0.2, 0.25) is 0 Å². The van der Waals surface area contributed by atoms with Crippen LogP contribution in [0.25, 0.3) is 5.69 Å². The molecule has 0 bridgehead atoms. The number of alkyl halides is 3. The molecule has 1 N–H and O–H groups in total. The molecule has 0 amide bonds. The Balaban J connectivity index is 1.38. The summed E-state index contributed by atoms with van der Waals surface area (Å²) in [4.78, 5) is 13.0. The zero-order chi connectivity index (χ0) is 22.7. The van der Waals surface area contributed by atoms with Crippen molar-refractivity contribution in [2.24, 2.45) is 0 Å². The van der Waals surface area contributed by atoms with Gasteiger partial charge in [0.2, 0.25) is 0 Å². The summed E-state index contributed by atoms with van der Waals surface area (Å²) in [5.74, 6) is -0.458. The summed E-state index contributed by atoms with van der Waals surface area (Å²) in [5.41, 5.74) is 3.23. The van der Waals surface area contributed by atoms with E-state index in [4.69, 9.17) is 9.84 Å². The van der Waals surface area contributed by atoms with Crippen LogP contribution in [-0.2, 0) is 30.4 Å². The summed E-state index contributed by atoms with van der Waals surface area (Å²) in [6.07, 6.45) is 0.877. The molecule has 1 aliphatic heterocycles. The molecule has 3 aromatic rings. The number of aromatic nitrogens is 2. The van der Waals surface area contributed by atoms with Gasteiger partial charge in [-0.05, 0) is 60.4 Å². The average molecular weight is 445 g/mol. The molecule has 1 aromatic heterocycles. The predicted molar refractivity (Wildman–Crippen MR) is 111 cm³/mol. The minimum Gasteiger partial charge on any atom is -0.482 e. The van der Waals surface area contributed by atoms with Gasteiger partial charge >= 0.3 is 12.1 Å². The van der Waals surface area contributed by atoms with Crippen LogP contribution in [-0.4, -0.2) is 45.5 Å². The van der Waals surface area contributed by atoms with Gasteiger partial charge in [0.25, 0.3) is 0 Å². The molecule has 0 saturated heterocycles. The van der Waals surface area contributed by atoms with Crippen molar-refractivity contribution in [3.63, 3.8) is 0 Å². The molecule has 0 unspecified atom stereocenters. The first-order valence-electron chi connectivity index (χ1n) is 10.2. The smallest absolute Gasteiger partial charge is 0.416 e. The number of ether oxygens (including phenoxy) is 1. The highest BCUT2D eigenvalue weighted by Gasteiger charge is 2.30. The van der Waals surface area contributed by atoms with Gasteiger partial charge in [0.05, 0.1) is 17.4 Å². The second kappa shape index (κ2) is 9.04. The van der Waals surface area contributed by atoms with E-state index in [1.165, 1.54) is 17.7 Å². The fourth-order valence-electron chi connectivity index (χ4n) is 3.79. The van der Waals surface area contributed by atoms with Gasteiger partial charge in [-0.2, -0.15) is 18.3 Å². The van der Waals surface area contributed by atoms with Gasteiger partial charge in [-0.25, -0.2) is 9.48 Å². The number of hydrogen-bond acceptors (Lipinski definition) is 4. The Morgan fingerprint density at radius 1 is 1.06 bits per heavy atom. The largest absolute Gasteiger partial charge is 0.482 e. The molecule has 168 valence electrons. The number of benzene rings is 2. The van der Waals surface area contributed by atoms with Crippen molar-refractivity contribution < 1.29 is 27.8 Å². The standard InChI is InChI=1S/C23H22F3N3O3/c24-23(25,26)19-2-4-20(5-3-19)29-14-16(12-27-29)13-28-9-7-17-1-6-21(32-15-22(30)31)11-18(17)8-10-28/h1-6,11-12,14H,7-10,13,15H2,(H,30,31). The molecule has 32 heavy (non-hydrogen) atoms. The summed E-state index contributed by atoms with van der Waals surface area (Å²) in [6.45, 7) is 1.99. The number of carbonyl (C=O) groups is 1. The average Bonchev–Trinajstić information content (AvgIpc) is 3.13. The lowest BCUT2D eigenvalue weighted by Gasteiger charge is -2.18. The maximum absolute atomic E-state index is 12.8. The minimum atomic E-state index is -4.36. The Kier molecular flexibility index (Phi) is 6.18. The fraction of sp³-hybridized carbons (Fsp3) is 0.304. The number of rotatable bonds is 6. The van der Waals surface area contributed by atoms with E-state index in [1.807, 2.05) is 18.3 Å². The second-order valence-corrected chi connectivity index (χ2v) is 7.73. The normalized spacial score (nSPS) is 14.6. The molecule has 2 aromatic carbocycles. The third kappa shape index (κ3) is 5.28. The first-order chi connectivity index (χ1) is 15.3. The lowest BCUT2D eigenvalue weighted by Crippen LogP contribution is -2.25. The van der Waals surface area contributed by atoms with Gasteiger partial charge < -0.3 is 9.84 Å². The van der Waals surface area contributed by atoms with Crippen molar-refractivity contribution >= 4 is 5.97 Å². The lowest BCUT2D eigenvalue weighted by atomic mass is 10.0. The number of halogens is 3. The molecule has 9 heteroatoms. The number of hydrogen-bond donors (Lipinski definition) is 1. The second-order valence-electron chi connectivity index (χ2n) is 7.73. The summed E-state index contributed by atoms with van der Waals surface area (Å²) in [6, 6.07) is 10.6. The molecule has 0 radical (unpaired) electrons. The van der Waals surface area contributed by atoms with E-state index < -0.39 is 17.7 Å². The third-order valence-corrected chi connectivity index (χ3v) is 5.44. The van der Waals surface area contributed by atoms with Crippen molar-refractivity contribution in [3.05, 3.63) is 77.1 Å². The minimum absolute atomic E-state index is 0.367. The molecule has 2 heterocycles. The molecule has 0 fully saturated rings. The number of carboxylic acid groups (broad SMARTS) is 1. The molecule has 0 spiro atoms. The van der Waals surface area contributed by atoms with Gasteiger partial charge in [0.15, 0.2) is 6.61 Å². The molecule has 0 aliphatic carbocycles. The summed E-state index contributed by atoms with van der Waals surface area (Å²) in [7, 11) is 0. The zero-order valence-electron chi connectivity index (χ0n) is 17.2. The molecular formula is C23H22F3N3O3. The Morgan fingerprint density at radius 2 is 1.78 bits per heavy atom. The predicted octanol–water partition coefficient (Wildman–Crippen LogP) is 3.96. The number of nitrogens with zero attached hydrogens (tertiary/aromatic N) is 3. The summed E-state index contributed by atoms with van der Waals surface area (Å²) >= 11 is 0. The Labute approximate surface area is 182 Å². The molecule has 1 aliphatic rings. The topological polar surface area (TPSA) is 67.6 Å². The maximum atomic E-state index is 12.8. The van der Waals surface area contributed by atoms with Gasteiger partial charge in [0.1, 0.15) is 5.75 Å². The molecule has 4 rings (SSSR count). The van der Waals surface area contributed by atoms with Crippen LogP contribution in [0.4, 0.5) is 13.2 Å². The van der Waals surface area contributed by atoms with Crippen LogP contribution in [0.3, 0.4) is 0 Å². The van der Waals surface area contributed by atoms with Crippen LogP contribution in [0, 0.1) is 0 Å². The van der Waals surface area contributed by atoms with Crippen molar-refractivity contribution in [2.45, 2.75) is 25.6 Å². The fourth-order valence-corrected chi connectivity index (χ4v) is 3.79. The quantitative estimate of drug-likeness (QED) is 0.622. The first kappa shape index (κ1) is 21.9. The Bertz CT molecular complexity index is 1090. The van der Waals surface area contributed by atoms with Gasteiger partial charge in [-0.15, -0.1) is 0 Å². The first-order valence-corrected chi connectivity index (χ1v) is 10.2. The van der Waals surface area contributed by atoms with Crippen molar-refractivity contribution in [1.29, 1.82) is 0 Å². The van der Waals surface area contributed by atoms with E-state index in [1.54, 1.807) is 16.9 Å². The Hall–Kier alpha value is -3.33. The summed E-state index contributed by atoms with van der Waals surface area (Å²) in [5, 5.41) is 13.1. The van der Waals surface area contributed by atoms with Crippen LogP contribution < -0.4 is 4.74 Å². The van der Waals surface area contributed by atoms with Crippen LogP contribution in [0.15, 0.2) is 54.9 Å². The van der Waals surface area contributed by atoms with Gasteiger partial charge in [-0.3, -0.25) is 4.90 Å².